The van der Waals surface area contributed by atoms with Crippen molar-refractivity contribution in [2.24, 2.45) is 0 Å². The van der Waals surface area contributed by atoms with Gasteiger partial charge in [0.05, 0.1) is 0 Å². The molecule has 0 fully saturated rings. The second-order valence-electron chi connectivity index (χ2n) is 2.94. The first-order chi connectivity index (χ1) is 6.77. The third-order valence-electron chi connectivity index (χ3n) is 1.95. The van der Waals surface area contributed by atoms with Gasteiger partial charge >= 0.3 is 0 Å². The van der Waals surface area contributed by atoms with E-state index in [0.717, 1.165) is 0 Å². The summed E-state index contributed by atoms with van der Waals surface area (Å²) in [6.45, 7) is 0. The lowest BCUT2D eigenvalue weighted by atomic mass is 10.1. The summed E-state index contributed by atoms with van der Waals surface area (Å²) >= 11 is 0. The van der Waals surface area contributed by atoms with Gasteiger partial charge in [-0.1, -0.05) is 12.1 Å². The molecule has 1 aromatic heterocycles. The smallest absolute Gasteiger partial charge is 0.194 e. The van der Waals surface area contributed by atoms with Gasteiger partial charge < -0.3 is 4.98 Å². The third-order valence-corrected chi connectivity index (χ3v) is 1.95. The fourth-order valence-electron chi connectivity index (χ4n) is 1.26. The molecule has 0 aliphatic rings. The number of aromatic nitrogens is 1. The zero-order valence-electron chi connectivity index (χ0n) is 7.33. The number of carbonyl (C=O) groups excluding carboxylic acids is 1. The number of ketones is 1. The van der Waals surface area contributed by atoms with Crippen LogP contribution in [0.3, 0.4) is 0 Å². The molecule has 0 aliphatic carbocycles. The standard InChI is InChI=1S/C11H8FNO/c12-10-3-1-2-8(6-10)11(14)9-4-5-13-7-9/h1-7,13H. The minimum Gasteiger partial charge on any atom is -0.367 e. The summed E-state index contributed by atoms with van der Waals surface area (Å²) < 4.78 is 12.8. The van der Waals surface area contributed by atoms with Gasteiger partial charge in [0.15, 0.2) is 5.78 Å². The Kier molecular flexibility index (Phi) is 2.14. The highest BCUT2D eigenvalue weighted by molar-refractivity contribution is 6.08. The lowest BCUT2D eigenvalue weighted by molar-refractivity contribution is 0.103. The predicted molar refractivity (Wildman–Crippen MR) is 50.6 cm³/mol. The van der Waals surface area contributed by atoms with Gasteiger partial charge in [0.2, 0.25) is 0 Å². The fourth-order valence-corrected chi connectivity index (χ4v) is 1.26. The van der Waals surface area contributed by atoms with Crippen LogP contribution in [-0.4, -0.2) is 10.8 Å². The lowest BCUT2D eigenvalue weighted by Crippen LogP contribution is -1.99. The Hall–Kier alpha value is -1.90. The van der Waals surface area contributed by atoms with Crippen molar-refractivity contribution in [3.63, 3.8) is 0 Å². The van der Waals surface area contributed by atoms with E-state index >= 15 is 0 Å². The SMILES string of the molecule is O=C(c1cc[nH]c1)c1cccc(F)c1. The van der Waals surface area contributed by atoms with Crippen molar-refractivity contribution < 1.29 is 9.18 Å². The van der Waals surface area contributed by atoms with Gasteiger partial charge in [-0.05, 0) is 18.2 Å². The van der Waals surface area contributed by atoms with Gasteiger partial charge in [-0.3, -0.25) is 4.79 Å². The molecule has 14 heavy (non-hydrogen) atoms. The summed E-state index contributed by atoms with van der Waals surface area (Å²) in [5, 5.41) is 0. The Bertz CT molecular complexity index is 448. The Balaban J connectivity index is 2.37. The average Bonchev–Trinajstić information content (AvgIpc) is 2.69. The highest BCUT2D eigenvalue weighted by atomic mass is 19.1. The summed E-state index contributed by atoms with van der Waals surface area (Å²) in [4.78, 5) is 14.5. The van der Waals surface area contributed by atoms with Crippen LogP contribution in [0.4, 0.5) is 4.39 Å². The van der Waals surface area contributed by atoms with Crippen LogP contribution in [0.15, 0.2) is 42.7 Å². The van der Waals surface area contributed by atoms with Crippen LogP contribution in [0.1, 0.15) is 15.9 Å². The molecular formula is C11H8FNO. The zero-order valence-corrected chi connectivity index (χ0v) is 7.33. The molecule has 0 radical (unpaired) electrons. The van der Waals surface area contributed by atoms with Crippen LogP contribution in [0.25, 0.3) is 0 Å². The van der Waals surface area contributed by atoms with Crippen molar-refractivity contribution >= 4 is 5.78 Å². The number of hydrogen-bond donors (Lipinski definition) is 1. The normalized spacial score (nSPS) is 10.1. The molecule has 0 saturated carbocycles. The molecular weight excluding hydrogens is 181 g/mol. The maximum Gasteiger partial charge on any atom is 0.194 e. The summed E-state index contributed by atoms with van der Waals surface area (Å²) in [6.07, 6.45) is 3.25. The Morgan fingerprint density at radius 1 is 1.21 bits per heavy atom. The quantitative estimate of drug-likeness (QED) is 0.723. The number of hydrogen-bond acceptors (Lipinski definition) is 1. The van der Waals surface area contributed by atoms with Crippen molar-refractivity contribution in [1.82, 2.24) is 4.98 Å². The van der Waals surface area contributed by atoms with Crippen molar-refractivity contribution in [3.05, 3.63) is 59.7 Å². The maximum atomic E-state index is 12.8. The number of benzene rings is 1. The van der Waals surface area contributed by atoms with Crippen LogP contribution in [0.2, 0.25) is 0 Å². The van der Waals surface area contributed by atoms with Gasteiger partial charge in [0, 0.05) is 23.5 Å². The van der Waals surface area contributed by atoms with Gasteiger partial charge in [0.1, 0.15) is 5.82 Å². The highest BCUT2D eigenvalue weighted by Crippen LogP contribution is 2.10. The van der Waals surface area contributed by atoms with Crippen LogP contribution in [-0.2, 0) is 0 Å². The van der Waals surface area contributed by atoms with Gasteiger partial charge in [-0.2, -0.15) is 0 Å². The van der Waals surface area contributed by atoms with Crippen LogP contribution in [0, 0.1) is 5.82 Å². The molecule has 1 heterocycles. The number of H-pyrrole nitrogens is 1. The number of rotatable bonds is 2. The van der Waals surface area contributed by atoms with Gasteiger partial charge in [-0.15, -0.1) is 0 Å². The first-order valence-corrected chi connectivity index (χ1v) is 4.20. The summed E-state index contributed by atoms with van der Waals surface area (Å²) in [5.41, 5.74) is 0.903. The van der Waals surface area contributed by atoms with E-state index in [1.165, 1.54) is 18.2 Å². The molecule has 70 valence electrons. The van der Waals surface area contributed by atoms with Crippen molar-refractivity contribution in [2.45, 2.75) is 0 Å². The molecule has 0 bridgehead atoms. The molecule has 0 aliphatic heterocycles. The Morgan fingerprint density at radius 2 is 2.07 bits per heavy atom. The number of carbonyl (C=O) groups is 1. The summed E-state index contributed by atoms with van der Waals surface area (Å²) in [5.74, 6) is -0.572. The van der Waals surface area contributed by atoms with E-state index in [0.29, 0.717) is 11.1 Å². The third kappa shape index (κ3) is 1.57. The molecule has 0 atom stereocenters. The second-order valence-corrected chi connectivity index (χ2v) is 2.94. The van der Waals surface area contributed by atoms with Crippen LogP contribution >= 0.6 is 0 Å². The van der Waals surface area contributed by atoms with E-state index in [1.54, 1.807) is 24.5 Å². The minimum absolute atomic E-state index is 0.175. The van der Waals surface area contributed by atoms with Crippen molar-refractivity contribution in [1.29, 1.82) is 0 Å². The number of halogens is 1. The zero-order chi connectivity index (χ0) is 9.97. The molecule has 3 heteroatoms. The topological polar surface area (TPSA) is 32.9 Å². The first kappa shape index (κ1) is 8.69. The van der Waals surface area contributed by atoms with E-state index in [1.807, 2.05) is 0 Å². The first-order valence-electron chi connectivity index (χ1n) is 4.20. The second kappa shape index (κ2) is 3.46. The van der Waals surface area contributed by atoms with E-state index in [4.69, 9.17) is 0 Å². The van der Waals surface area contributed by atoms with E-state index in [9.17, 15) is 9.18 Å². The minimum atomic E-state index is -0.397. The monoisotopic (exact) mass is 189 g/mol. The molecule has 0 unspecified atom stereocenters. The molecule has 2 nitrogen and oxygen atoms in total. The molecule has 0 saturated heterocycles. The van der Waals surface area contributed by atoms with Crippen molar-refractivity contribution in [2.75, 3.05) is 0 Å². The largest absolute Gasteiger partial charge is 0.367 e. The van der Waals surface area contributed by atoms with E-state index in [-0.39, 0.29) is 5.78 Å². The van der Waals surface area contributed by atoms with Crippen LogP contribution in [0.5, 0.6) is 0 Å². The maximum absolute atomic E-state index is 12.8. The molecule has 2 rings (SSSR count). The Morgan fingerprint density at radius 3 is 2.71 bits per heavy atom. The molecule has 0 spiro atoms. The summed E-state index contributed by atoms with van der Waals surface area (Å²) in [6, 6.07) is 7.32. The predicted octanol–water partition coefficient (Wildman–Crippen LogP) is 2.38. The van der Waals surface area contributed by atoms with E-state index in [2.05, 4.69) is 4.98 Å². The summed E-state index contributed by atoms with van der Waals surface area (Å²) in [7, 11) is 0. The number of nitrogens with one attached hydrogen (secondary N) is 1. The van der Waals surface area contributed by atoms with Gasteiger partial charge in [0.25, 0.3) is 0 Å². The number of aromatic amines is 1. The molecule has 1 aromatic carbocycles. The van der Waals surface area contributed by atoms with Crippen LogP contribution < -0.4 is 0 Å². The lowest BCUT2D eigenvalue weighted by Gasteiger charge is -1.97. The molecule has 2 aromatic rings. The Labute approximate surface area is 80.4 Å². The van der Waals surface area contributed by atoms with E-state index < -0.39 is 5.82 Å². The fraction of sp³-hybridized carbons (Fsp3) is 0. The molecule has 0 amide bonds. The molecule has 1 N–H and O–H groups in total. The van der Waals surface area contributed by atoms with Crippen molar-refractivity contribution in [3.8, 4) is 0 Å². The van der Waals surface area contributed by atoms with Gasteiger partial charge in [-0.25, -0.2) is 4.39 Å². The highest BCUT2D eigenvalue weighted by Gasteiger charge is 2.09. The average molecular weight is 189 g/mol.